The summed E-state index contributed by atoms with van der Waals surface area (Å²) in [5.41, 5.74) is 2.15. The molecule has 156 valence electrons. The molecule has 0 spiro atoms. The summed E-state index contributed by atoms with van der Waals surface area (Å²) in [5.74, 6) is 2.74. The van der Waals surface area contributed by atoms with Gasteiger partial charge in [0, 0.05) is 13.6 Å². The van der Waals surface area contributed by atoms with Crippen molar-refractivity contribution in [1.29, 1.82) is 0 Å². The van der Waals surface area contributed by atoms with E-state index in [2.05, 4.69) is 39.7 Å². The van der Waals surface area contributed by atoms with Gasteiger partial charge in [-0.1, -0.05) is 25.1 Å². The van der Waals surface area contributed by atoms with Gasteiger partial charge in [-0.25, -0.2) is 4.98 Å². The summed E-state index contributed by atoms with van der Waals surface area (Å²) < 4.78 is 10.8. The molecule has 2 heterocycles. The summed E-state index contributed by atoms with van der Waals surface area (Å²) in [4.78, 5) is 9.81. The van der Waals surface area contributed by atoms with E-state index in [-0.39, 0.29) is 24.0 Å². The zero-order chi connectivity index (χ0) is 19.8. The Kier molecular flexibility index (Phi) is 9.46. The van der Waals surface area contributed by atoms with E-state index in [0.29, 0.717) is 18.4 Å². The third-order valence-electron chi connectivity index (χ3n) is 4.50. The van der Waals surface area contributed by atoms with Gasteiger partial charge in [0.25, 0.3) is 0 Å². The van der Waals surface area contributed by atoms with E-state index >= 15 is 0 Å². The molecule has 3 aromatic rings. The van der Waals surface area contributed by atoms with Crippen molar-refractivity contribution in [2.75, 3.05) is 20.7 Å². The predicted octanol–water partition coefficient (Wildman–Crippen LogP) is 4.89. The highest BCUT2D eigenvalue weighted by Crippen LogP contribution is 2.23. The van der Waals surface area contributed by atoms with Crippen molar-refractivity contribution in [1.82, 2.24) is 15.6 Å². The maximum atomic E-state index is 5.54. The van der Waals surface area contributed by atoms with Gasteiger partial charge in [0.15, 0.2) is 5.96 Å². The van der Waals surface area contributed by atoms with Gasteiger partial charge in [-0.15, -0.1) is 35.3 Å². The Morgan fingerprint density at radius 1 is 1.24 bits per heavy atom. The minimum Gasteiger partial charge on any atom is -0.497 e. The molecule has 0 bridgehead atoms. The van der Waals surface area contributed by atoms with Crippen molar-refractivity contribution >= 4 is 41.3 Å². The Labute approximate surface area is 192 Å². The lowest BCUT2D eigenvalue weighted by Gasteiger charge is -2.15. The Morgan fingerprint density at radius 3 is 2.69 bits per heavy atom. The largest absolute Gasteiger partial charge is 0.497 e. The van der Waals surface area contributed by atoms with E-state index in [9.17, 15) is 0 Å². The van der Waals surface area contributed by atoms with E-state index in [0.717, 1.165) is 35.2 Å². The van der Waals surface area contributed by atoms with Crippen LogP contribution in [0.15, 0.2) is 57.5 Å². The fourth-order valence-corrected chi connectivity index (χ4v) is 3.46. The zero-order valence-corrected chi connectivity index (χ0v) is 20.0. The number of guanidine groups is 1. The van der Waals surface area contributed by atoms with Crippen LogP contribution in [-0.2, 0) is 6.54 Å². The van der Waals surface area contributed by atoms with Crippen LogP contribution >= 0.6 is 35.3 Å². The molecule has 1 aromatic carbocycles. The Bertz CT molecular complexity index is 878. The fraction of sp³-hybridized carbons (Fsp3) is 0.333. The van der Waals surface area contributed by atoms with Crippen LogP contribution in [0.3, 0.4) is 0 Å². The first-order valence-electron chi connectivity index (χ1n) is 9.26. The van der Waals surface area contributed by atoms with E-state index in [4.69, 9.17) is 9.15 Å². The number of methoxy groups -OCH3 is 1. The number of thiophene rings is 1. The normalized spacial score (nSPS) is 12.2. The molecule has 2 aromatic heterocycles. The summed E-state index contributed by atoms with van der Waals surface area (Å²) in [5, 5.41) is 8.64. The van der Waals surface area contributed by atoms with Crippen LogP contribution in [0.4, 0.5) is 0 Å². The van der Waals surface area contributed by atoms with Crippen molar-refractivity contribution in [3.05, 3.63) is 59.3 Å². The number of nitrogens with zero attached hydrogens (tertiary/aromatic N) is 2. The highest BCUT2D eigenvalue weighted by molar-refractivity contribution is 14.0. The molecule has 2 N–H and O–H groups in total. The minimum atomic E-state index is 0. The monoisotopic (exact) mass is 526 g/mol. The number of ether oxygens (including phenoxy) is 1. The summed E-state index contributed by atoms with van der Waals surface area (Å²) in [6.45, 7) is 3.61. The van der Waals surface area contributed by atoms with Gasteiger partial charge in [-0.3, -0.25) is 4.99 Å². The predicted molar refractivity (Wildman–Crippen MR) is 129 cm³/mol. The molecule has 0 aliphatic heterocycles. The highest BCUT2D eigenvalue weighted by atomic mass is 127. The lowest BCUT2D eigenvalue weighted by molar-refractivity contribution is 0.414. The van der Waals surface area contributed by atoms with Crippen molar-refractivity contribution in [3.8, 4) is 16.5 Å². The van der Waals surface area contributed by atoms with Gasteiger partial charge in [0.2, 0.25) is 5.89 Å². The summed E-state index contributed by atoms with van der Waals surface area (Å²) >= 11 is 1.61. The van der Waals surface area contributed by atoms with Gasteiger partial charge in [0.05, 0.1) is 24.2 Å². The summed E-state index contributed by atoms with van der Waals surface area (Å²) in [7, 11) is 3.45. The summed E-state index contributed by atoms with van der Waals surface area (Å²) in [6, 6.07) is 12.2. The van der Waals surface area contributed by atoms with E-state index in [1.54, 1.807) is 31.8 Å². The number of oxazole rings is 1. The van der Waals surface area contributed by atoms with Gasteiger partial charge >= 0.3 is 0 Å². The van der Waals surface area contributed by atoms with Gasteiger partial charge in [0.1, 0.15) is 12.0 Å². The zero-order valence-electron chi connectivity index (χ0n) is 16.8. The lowest BCUT2D eigenvalue weighted by atomic mass is 9.98. The molecule has 0 fully saturated rings. The van der Waals surface area contributed by atoms with Crippen LogP contribution in [0.2, 0.25) is 0 Å². The molecule has 6 nitrogen and oxygen atoms in total. The number of nitrogens with one attached hydrogen (secondary N) is 2. The first kappa shape index (κ1) is 23.2. The van der Waals surface area contributed by atoms with Crippen LogP contribution < -0.4 is 15.4 Å². The van der Waals surface area contributed by atoms with Crippen LogP contribution in [0.5, 0.6) is 5.75 Å². The van der Waals surface area contributed by atoms with Crippen molar-refractivity contribution in [3.63, 3.8) is 0 Å². The minimum absolute atomic E-state index is 0. The number of benzene rings is 1. The smallest absolute Gasteiger partial charge is 0.236 e. The Hall–Kier alpha value is -2.07. The van der Waals surface area contributed by atoms with Crippen LogP contribution in [0.1, 0.15) is 30.5 Å². The standard InChI is InChI=1S/C21H26N4O2S.HI/c1-15(16-6-8-18(26-3)9-7-16)10-11-23-21(22-2)24-13-17-14-27-20(25-17)19-5-4-12-28-19;/h4-9,12,14-15H,10-11,13H2,1-3H3,(H2,22,23,24);1H. The molecule has 0 aliphatic rings. The maximum absolute atomic E-state index is 5.54. The molecule has 8 heteroatoms. The van der Waals surface area contributed by atoms with Crippen LogP contribution in [-0.4, -0.2) is 31.6 Å². The second kappa shape index (κ2) is 11.8. The Balaban J connectivity index is 0.00000300. The Morgan fingerprint density at radius 2 is 2.03 bits per heavy atom. The second-order valence-corrected chi connectivity index (χ2v) is 7.38. The molecule has 3 rings (SSSR count). The third-order valence-corrected chi connectivity index (χ3v) is 5.36. The molecule has 1 atom stereocenters. The molecule has 0 amide bonds. The number of hydrogen-bond acceptors (Lipinski definition) is 5. The van der Waals surface area contributed by atoms with Crippen molar-refractivity contribution in [2.45, 2.75) is 25.8 Å². The molecule has 0 radical (unpaired) electrons. The average Bonchev–Trinajstić information content (AvgIpc) is 3.42. The molecule has 29 heavy (non-hydrogen) atoms. The number of rotatable bonds is 8. The lowest BCUT2D eigenvalue weighted by Crippen LogP contribution is -2.37. The van der Waals surface area contributed by atoms with Crippen molar-refractivity contribution in [2.24, 2.45) is 4.99 Å². The van der Waals surface area contributed by atoms with Gasteiger partial charge in [-0.05, 0) is 41.5 Å². The summed E-state index contributed by atoms with van der Waals surface area (Å²) in [6.07, 6.45) is 2.68. The van der Waals surface area contributed by atoms with Gasteiger partial charge < -0.3 is 19.8 Å². The van der Waals surface area contributed by atoms with Crippen molar-refractivity contribution < 1.29 is 9.15 Å². The number of aliphatic imine (C=N–C) groups is 1. The molecule has 0 saturated heterocycles. The number of aromatic nitrogens is 1. The first-order chi connectivity index (χ1) is 13.7. The van der Waals surface area contributed by atoms with E-state index in [1.165, 1.54) is 5.56 Å². The average molecular weight is 526 g/mol. The van der Waals surface area contributed by atoms with Crippen LogP contribution in [0.25, 0.3) is 10.8 Å². The van der Waals surface area contributed by atoms with Gasteiger partial charge in [-0.2, -0.15) is 0 Å². The first-order valence-corrected chi connectivity index (χ1v) is 10.1. The molecular formula is C21H27IN4O2S. The SMILES string of the molecule is CN=C(NCCC(C)c1ccc(OC)cc1)NCc1coc(-c2cccs2)n1.I. The molecule has 0 aliphatic carbocycles. The molecule has 1 unspecified atom stereocenters. The molecule has 0 saturated carbocycles. The topological polar surface area (TPSA) is 71.7 Å². The number of hydrogen-bond donors (Lipinski definition) is 2. The van der Waals surface area contributed by atoms with Crippen LogP contribution in [0, 0.1) is 0 Å². The fourth-order valence-electron chi connectivity index (χ4n) is 2.80. The third kappa shape index (κ3) is 6.74. The highest BCUT2D eigenvalue weighted by Gasteiger charge is 2.09. The molecular weight excluding hydrogens is 499 g/mol. The van der Waals surface area contributed by atoms with E-state index in [1.807, 2.05) is 29.6 Å². The quantitative estimate of drug-likeness (QED) is 0.249. The second-order valence-electron chi connectivity index (χ2n) is 6.44. The maximum Gasteiger partial charge on any atom is 0.236 e. The van der Waals surface area contributed by atoms with E-state index < -0.39 is 0 Å². The number of halogens is 1.